The van der Waals surface area contributed by atoms with Crippen LogP contribution in [0.2, 0.25) is 0 Å². The van der Waals surface area contributed by atoms with Gasteiger partial charge in [-0.15, -0.1) is 0 Å². The van der Waals surface area contributed by atoms with E-state index >= 15 is 0 Å². The number of nitrogens with zero attached hydrogens (tertiary/aromatic N) is 1. The summed E-state index contributed by atoms with van der Waals surface area (Å²) in [4.78, 5) is 0. The molecule has 262 valence electrons. The van der Waals surface area contributed by atoms with Crippen molar-refractivity contribution in [2.75, 3.05) is 0 Å². The van der Waals surface area contributed by atoms with Crippen LogP contribution in [0.3, 0.4) is 0 Å². The molecule has 0 aliphatic heterocycles. The Bertz CT molecular complexity index is 5020. The molecule has 11 aromatic rings. The van der Waals surface area contributed by atoms with Crippen LogP contribution in [-0.2, 0) is 0 Å². The minimum Gasteiger partial charge on any atom is -0.456 e. The molecule has 56 heavy (non-hydrogen) atoms. The van der Waals surface area contributed by atoms with Gasteiger partial charge in [0, 0.05) is 27.1 Å². The van der Waals surface area contributed by atoms with E-state index < -0.39 is 317 Å². The predicted molar refractivity (Wildman–Crippen MR) is 235 cm³/mol. The zero-order valence-corrected chi connectivity index (χ0v) is 27.9. The summed E-state index contributed by atoms with van der Waals surface area (Å²) in [5.41, 5.74) is -14.0. The van der Waals surface area contributed by atoms with Gasteiger partial charge in [0.2, 0.25) is 0 Å². The van der Waals surface area contributed by atoms with Gasteiger partial charge in [-0.25, -0.2) is 0 Å². The highest BCUT2D eigenvalue weighted by molar-refractivity contribution is 6.15. The van der Waals surface area contributed by atoms with Crippen LogP contribution in [-0.4, -0.2) is 4.57 Å². The Hall–Kier alpha value is -7.42. The molecule has 2 nitrogen and oxygen atoms in total. The molecule has 0 N–H and O–H groups in total. The van der Waals surface area contributed by atoms with Crippen LogP contribution in [0.4, 0.5) is 0 Å². The van der Waals surface area contributed by atoms with Crippen molar-refractivity contribution in [1.82, 2.24) is 4.57 Å². The highest BCUT2D eigenvalue weighted by atomic mass is 16.3. The van der Waals surface area contributed by atoms with Crippen molar-refractivity contribution in [2.45, 2.75) is 0 Å². The van der Waals surface area contributed by atoms with E-state index in [2.05, 4.69) is 0 Å². The molecule has 11 rings (SSSR count). The minimum absolute atomic E-state index is 0.566. The van der Waals surface area contributed by atoms with Gasteiger partial charge in [0.1, 0.15) is 11.2 Å². The standard InChI is InChI=1S/C54H35NO/c1-3-16-36(17-4-1)40-20-7-9-22-42(40)38-30-32-50-47(34-38)48-35-39(43-23-10-8-21-41(43)37-18-5-2-6-19-37)31-33-51(48)55(50)49-27-13-11-24-44(49)45-26-15-29-53-54(45)46-25-12-14-28-52(46)56-53/h1-35H/i1D,2D,3D,4D,5D,6D,7D,8D,9D,10D,11D,12D,13D,14D,15D,16D,17D,18D,19D,20D,21D,22D,23D,24D,25D,26D,27D,28D,29D,30D,31D,32D,33D,34D,35D. The molecule has 0 unspecified atom stereocenters. The molecular formula is C54H35NO. The average Bonchev–Trinajstić information content (AvgIpc) is 1.58. The number of rotatable bonds is 6. The lowest BCUT2D eigenvalue weighted by Gasteiger charge is -2.15. The van der Waals surface area contributed by atoms with Gasteiger partial charge >= 0.3 is 0 Å². The normalized spacial score (nSPS) is 20.3. The fraction of sp³-hybridized carbons (Fsp3) is 0. The van der Waals surface area contributed by atoms with Gasteiger partial charge in [-0.2, -0.15) is 0 Å². The Morgan fingerprint density at radius 2 is 0.768 bits per heavy atom. The summed E-state index contributed by atoms with van der Waals surface area (Å²) in [7, 11) is 0. The first-order chi connectivity index (χ1) is 42.4. The zero-order valence-electron chi connectivity index (χ0n) is 62.9. The Labute approximate surface area is 374 Å². The van der Waals surface area contributed by atoms with Crippen LogP contribution in [0.5, 0.6) is 0 Å². The molecule has 0 atom stereocenters. The second-order valence-electron chi connectivity index (χ2n) is 11.8. The molecule has 0 fully saturated rings. The molecule has 2 heteroatoms. The third-order valence-electron chi connectivity index (χ3n) is 8.75. The summed E-state index contributed by atoms with van der Waals surface area (Å²) < 4.78 is 326. The zero-order chi connectivity index (χ0) is 67.5. The van der Waals surface area contributed by atoms with Crippen LogP contribution in [0.25, 0.3) is 105 Å². The van der Waals surface area contributed by atoms with E-state index in [0.717, 1.165) is 0 Å². The lowest BCUT2D eigenvalue weighted by atomic mass is 9.92. The molecule has 0 saturated heterocycles. The fourth-order valence-electron chi connectivity index (χ4n) is 6.41. The maximum Gasteiger partial charge on any atom is 0.136 e. The first-order valence-corrected chi connectivity index (χ1v) is 16.3. The molecule has 0 bridgehead atoms. The molecule has 0 amide bonds. The van der Waals surface area contributed by atoms with Crippen LogP contribution < -0.4 is 0 Å². The van der Waals surface area contributed by atoms with Crippen LogP contribution in [0.15, 0.2) is 216 Å². The van der Waals surface area contributed by atoms with Crippen LogP contribution in [0.1, 0.15) is 48.0 Å². The Kier molecular flexibility index (Phi) is 2.95. The summed E-state index contributed by atoms with van der Waals surface area (Å²) in [6.07, 6.45) is 0. The average molecular weight is 749 g/mol. The van der Waals surface area contributed by atoms with Gasteiger partial charge in [-0.05, 0) is 92.4 Å². The number of hydrogen-bond donors (Lipinski definition) is 0. The molecule has 0 aliphatic rings. The van der Waals surface area contributed by atoms with Crippen molar-refractivity contribution < 1.29 is 52.4 Å². The van der Waals surface area contributed by atoms with E-state index in [0.29, 0.717) is 4.57 Å². The van der Waals surface area contributed by atoms with Crippen molar-refractivity contribution in [3.8, 4) is 61.3 Å². The Morgan fingerprint density at radius 1 is 0.321 bits per heavy atom. The topological polar surface area (TPSA) is 18.1 Å². The minimum atomic E-state index is -1.26. The molecule has 2 heterocycles. The number of para-hydroxylation sites is 2. The van der Waals surface area contributed by atoms with E-state index in [1.807, 2.05) is 0 Å². The fourth-order valence-corrected chi connectivity index (χ4v) is 6.41. The molecule has 2 aromatic heterocycles. The second kappa shape index (κ2) is 13.2. The van der Waals surface area contributed by atoms with Gasteiger partial charge in [0.25, 0.3) is 0 Å². The monoisotopic (exact) mass is 748 g/mol. The maximum absolute atomic E-state index is 10.3. The first kappa shape index (κ1) is 12.6. The van der Waals surface area contributed by atoms with Crippen molar-refractivity contribution in [1.29, 1.82) is 0 Å². The number of fused-ring (bicyclic) bond motifs is 6. The number of furan rings is 1. The third kappa shape index (κ3) is 5.19. The van der Waals surface area contributed by atoms with E-state index in [9.17, 15) is 17.8 Å². The van der Waals surface area contributed by atoms with E-state index in [4.69, 9.17) is 34.6 Å². The van der Waals surface area contributed by atoms with Gasteiger partial charge < -0.3 is 8.98 Å². The molecule has 0 aliphatic carbocycles. The summed E-state index contributed by atoms with van der Waals surface area (Å²) >= 11 is 0. The summed E-state index contributed by atoms with van der Waals surface area (Å²) in [5.74, 6) is 0. The van der Waals surface area contributed by atoms with Gasteiger partial charge in [0.05, 0.1) is 64.7 Å². The molecule has 0 radical (unpaired) electrons. The molecule has 0 saturated carbocycles. The highest BCUT2D eigenvalue weighted by Gasteiger charge is 2.21. The number of hydrogen-bond acceptors (Lipinski definition) is 1. The van der Waals surface area contributed by atoms with Crippen molar-refractivity contribution in [3.63, 3.8) is 0 Å². The lowest BCUT2D eigenvalue weighted by molar-refractivity contribution is 0.669. The van der Waals surface area contributed by atoms with Crippen LogP contribution in [0, 0.1) is 0 Å². The Balaban J connectivity index is 1.47. The van der Waals surface area contributed by atoms with E-state index in [1.54, 1.807) is 0 Å². The summed E-state index contributed by atoms with van der Waals surface area (Å²) in [6, 6.07) is -38.0. The largest absolute Gasteiger partial charge is 0.456 e. The predicted octanol–water partition coefficient (Wildman–Crippen LogP) is 15.0. The van der Waals surface area contributed by atoms with Crippen molar-refractivity contribution >= 4 is 43.7 Å². The number of benzene rings is 9. The first-order valence-electron chi connectivity index (χ1n) is 33.8. The van der Waals surface area contributed by atoms with Gasteiger partial charge in [0.15, 0.2) is 0 Å². The van der Waals surface area contributed by atoms with E-state index in [1.165, 1.54) is 0 Å². The quantitative estimate of drug-likeness (QED) is 0.166. The van der Waals surface area contributed by atoms with Crippen molar-refractivity contribution in [2.24, 2.45) is 0 Å². The van der Waals surface area contributed by atoms with Gasteiger partial charge in [-0.1, -0.05) is 169 Å². The molecule has 9 aromatic carbocycles. The summed E-state index contributed by atoms with van der Waals surface area (Å²) in [6.45, 7) is 0. The SMILES string of the molecule is [2H]c1c([2H])c([2H])c(-c2c([2H])c([2H])c([2H])c([2H])c2-c2c([2H])c([2H])c3c(c2[2H])c2c([2H])c(-c4c([2H])c([2H])c([2H])c([2H])c4-c4c([2H])c([2H])c([2H])c([2H])c4[2H])c([2H])c([2H])c2n3-c2c([2H])c([2H])c([2H])c([2H])c2-c2c([2H])c([2H])c([2H])c3oc4c([2H])c([2H])c([2H])c([2H])c4c23)c([2H])c1[2H]. The Morgan fingerprint density at radius 3 is 1.36 bits per heavy atom. The second-order valence-corrected chi connectivity index (χ2v) is 11.8. The lowest BCUT2D eigenvalue weighted by Crippen LogP contribution is -1.97. The van der Waals surface area contributed by atoms with E-state index in [-0.39, 0.29) is 0 Å². The van der Waals surface area contributed by atoms with Crippen LogP contribution >= 0.6 is 0 Å². The molecule has 0 spiro atoms. The number of aromatic nitrogens is 1. The third-order valence-corrected chi connectivity index (χ3v) is 8.75. The highest BCUT2D eigenvalue weighted by Crippen LogP contribution is 2.44. The van der Waals surface area contributed by atoms with Crippen molar-refractivity contribution in [3.05, 3.63) is 211 Å². The molecular weight excluding hydrogens is 679 g/mol. The maximum atomic E-state index is 10.3. The summed E-state index contributed by atoms with van der Waals surface area (Å²) in [5, 5.41) is -3.13. The smallest absolute Gasteiger partial charge is 0.136 e. The van der Waals surface area contributed by atoms with Gasteiger partial charge in [-0.3, -0.25) is 0 Å².